The van der Waals surface area contributed by atoms with Crippen molar-refractivity contribution in [2.45, 2.75) is 6.04 Å². The molecule has 0 bridgehead atoms. The molecule has 1 fully saturated rings. The number of para-hydroxylation sites is 2. The maximum atomic E-state index is 13.6. The van der Waals surface area contributed by atoms with Crippen LogP contribution in [0, 0.1) is 0 Å². The average molecular weight is 459 g/mol. The van der Waals surface area contributed by atoms with Crippen molar-refractivity contribution in [2.75, 3.05) is 55.8 Å². The summed E-state index contributed by atoms with van der Waals surface area (Å²) in [6, 6.07) is 24.3. The number of nitrogens with zero attached hydrogens (tertiary/aromatic N) is 2. The molecule has 7 heteroatoms. The molecule has 3 N–H and O–H groups in total. The van der Waals surface area contributed by atoms with E-state index < -0.39 is 12.0 Å². The van der Waals surface area contributed by atoms with Crippen molar-refractivity contribution in [1.29, 1.82) is 0 Å². The van der Waals surface area contributed by atoms with E-state index in [0.29, 0.717) is 29.0 Å². The summed E-state index contributed by atoms with van der Waals surface area (Å²) in [6.45, 7) is 3.45. The molecule has 1 aliphatic rings. The molecular weight excluding hydrogens is 428 g/mol. The highest BCUT2D eigenvalue weighted by Crippen LogP contribution is 2.25. The van der Waals surface area contributed by atoms with Crippen LogP contribution >= 0.6 is 0 Å². The van der Waals surface area contributed by atoms with Crippen LogP contribution in [0.2, 0.25) is 0 Å². The molecule has 34 heavy (non-hydrogen) atoms. The van der Waals surface area contributed by atoms with Crippen molar-refractivity contribution in [1.82, 2.24) is 4.90 Å². The van der Waals surface area contributed by atoms with Gasteiger partial charge in [-0.15, -0.1) is 0 Å². The second kappa shape index (κ2) is 10.9. The van der Waals surface area contributed by atoms with Gasteiger partial charge in [0.25, 0.3) is 0 Å². The number of carbonyl (C=O) groups excluding carboxylic acids is 2. The molecule has 3 aromatic rings. The van der Waals surface area contributed by atoms with Gasteiger partial charge in [-0.2, -0.15) is 0 Å². The summed E-state index contributed by atoms with van der Waals surface area (Å²) in [4.78, 5) is 30.4. The lowest BCUT2D eigenvalue weighted by Gasteiger charge is -2.40. The number of nitrogens with one attached hydrogen (secondary N) is 1. The molecule has 0 amide bonds. The van der Waals surface area contributed by atoms with Crippen molar-refractivity contribution < 1.29 is 14.3 Å². The lowest BCUT2D eigenvalue weighted by Crippen LogP contribution is -2.55. The average Bonchev–Trinajstić information content (AvgIpc) is 2.90. The van der Waals surface area contributed by atoms with E-state index in [2.05, 4.69) is 27.2 Å². The number of nitrogen functional groups attached to an aromatic ring is 1. The monoisotopic (exact) mass is 458 g/mol. The molecule has 0 saturated carbocycles. The number of piperazine rings is 1. The Morgan fingerprint density at radius 3 is 2.21 bits per heavy atom. The summed E-state index contributed by atoms with van der Waals surface area (Å²) in [5.41, 5.74) is 9.29. The molecule has 3 aromatic carbocycles. The van der Waals surface area contributed by atoms with Gasteiger partial charge in [0.15, 0.2) is 5.78 Å². The minimum atomic E-state index is -0.475. The van der Waals surface area contributed by atoms with Crippen molar-refractivity contribution >= 4 is 28.8 Å². The number of hydrogen-bond acceptors (Lipinski definition) is 7. The lowest BCUT2D eigenvalue weighted by molar-refractivity contribution is 0.0601. The first kappa shape index (κ1) is 23.3. The van der Waals surface area contributed by atoms with E-state index in [0.717, 1.165) is 26.2 Å². The van der Waals surface area contributed by atoms with Gasteiger partial charge < -0.3 is 20.7 Å². The van der Waals surface area contributed by atoms with Crippen molar-refractivity contribution in [3.05, 3.63) is 90.0 Å². The summed E-state index contributed by atoms with van der Waals surface area (Å²) < 4.78 is 4.91. The number of nitrogens with two attached hydrogens (primary N) is 1. The molecule has 1 saturated heterocycles. The molecule has 0 aliphatic carbocycles. The minimum absolute atomic E-state index is 0.0374. The number of methoxy groups -OCH3 is 1. The predicted octanol–water partition coefficient (Wildman–Crippen LogP) is 3.54. The zero-order chi connectivity index (χ0) is 23.9. The highest BCUT2D eigenvalue weighted by molar-refractivity contribution is 6.01. The normalized spacial score (nSPS) is 14.9. The van der Waals surface area contributed by atoms with E-state index in [1.165, 1.54) is 12.8 Å². The van der Waals surface area contributed by atoms with Crippen molar-refractivity contribution in [2.24, 2.45) is 0 Å². The predicted molar refractivity (Wildman–Crippen MR) is 135 cm³/mol. The largest absolute Gasteiger partial charge is 0.465 e. The fraction of sp³-hybridized carbons (Fsp3) is 0.259. The number of rotatable bonds is 8. The minimum Gasteiger partial charge on any atom is -0.465 e. The summed E-state index contributed by atoms with van der Waals surface area (Å²) >= 11 is 0. The highest BCUT2D eigenvalue weighted by Gasteiger charge is 2.30. The number of Topliss-reactive ketones (excluding diaryl/α,β-unsaturated/α-hetero) is 1. The number of esters is 1. The van der Waals surface area contributed by atoms with E-state index in [4.69, 9.17) is 10.5 Å². The van der Waals surface area contributed by atoms with E-state index in [1.807, 2.05) is 48.5 Å². The van der Waals surface area contributed by atoms with Crippen LogP contribution in [0.1, 0.15) is 20.7 Å². The van der Waals surface area contributed by atoms with Crippen LogP contribution in [-0.2, 0) is 4.74 Å². The van der Waals surface area contributed by atoms with Crippen LogP contribution in [0.15, 0.2) is 78.9 Å². The number of hydrogen-bond donors (Lipinski definition) is 2. The van der Waals surface area contributed by atoms with Crippen LogP contribution in [0.4, 0.5) is 17.1 Å². The van der Waals surface area contributed by atoms with Gasteiger partial charge in [-0.05, 0) is 24.3 Å². The van der Waals surface area contributed by atoms with Crippen LogP contribution in [0.5, 0.6) is 0 Å². The summed E-state index contributed by atoms with van der Waals surface area (Å²) in [7, 11) is 1.34. The Bertz CT molecular complexity index is 1110. The summed E-state index contributed by atoms with van der Waals surface area (Å²) in [5.74, 6) is -0.437. The Hall–Kier alpha value is -3.84. The van der Waals surface area contributed by atoms with Crippen LogP contribution in [0.3, 0.4) is 0 Å². The Kier molecular flexibility index (Phi) is 7.44. The standard InChI is InChI=1S/C27H30N4O3/c1-34-27(33)22-13-8-14-23(28)25(22)29-19-24(26(32)20-9-4-2-5-10-20)31-17-15-30(16-18-31)21-11-6-3-7-12-21/h2-14,24,29H,15-19,28H2,1H3. The Morgan fingerprint density at radius 1 is 0.912 bits per heavy atom. The van der Waals surface area contributed by atoms with Gasteiger partial charge in [-0.25, -0.2) is 4.79 Å². The molecule has 0 spiro atoms. The van der Waals surface area contributed by atoms with E-state index >= 15 is 0 Å². The Morgan fingerprint density at radius 2 is 1.56 bits per heavy atom. The van der Waals surface area contributed by atoms with Gasteiger partial charge in [-0.3, -0.25) is 9.69 Å². The number of ketones is 1. The molecule has 7 nitrogen and oxygen atoms in total. The third-order valence-corrected chi connectivity index (χ3v) is 6.21. The fourth-order valence-corrected chi connectivity index (χ4v) is 4.36. The van der Waals surface area contributed by atoms with E-state index in [1.54, 1.807) is 18.2 Å². The van der Waals surface area contributed by atoms with E-state index in [-0.39, 0.29) is 5.78 Å². The summed E-state index contributed by atoms with van der Waals surface area (Å²) in [5, 5.41) is 3.29. The zero-order valence-electron chi connectivity index (χ0n) is 19.3. The molecule has 1 aliphatic heterocycles. The quantitative estimate of drug-likeness (QED) is 0.303. The maximum Gasteiger partial charge on any atom is 0.340 e. The lowest BCUT2D eigenvalue weighted by atomic mass is 10.0. The molecule has 1 unspecified atom stereocenters. The fourth-order valence-electron chi connectivity index (χ4n) is 4.36. The SMILES string of the molecule is COC(=O)c1cccc(N)c1NCC(C(=O)c1ccccc1)N1CCN(c2ccccc2)CC1. The van der Waals surface area contributed by atoms with Crippen LogP contribution in [-0.4, -0.2) is 62.5 Å². The smallest absolute Gasteiger partial charge is 0.340 e. The van der Waals surface area contributed by atoms with Crippen LogP contribution in [0.25, 0.3) is 0 Å². The van der Waals surface area contributed by atoms with E-state index in [9.17, 15) is 9.59 Å². The van der Waals surface area contributed by atoms with Gasteiger partial charge in [0.2, 0.25) is 0 Å². The second-order valence-corrected chi connectivity index (χ2v) is 8.25. The first-order chi connectivity index (χ1) is 16.6. The van der Waals surface area contributed by atoms with Gasteiger partial charge in [-0.1, -0.05) is 54.6 Å². The van der Waals surface area contributed by atoms with Crippen molar-refractivity contribution in [3.8, 4) is 0 Å². The Labute approximate surface area is 200 Å². The van der Waals surface area contributed by atoms with Gasteiger partial charge in [0, 0.05) is 44.0 Å². The number of anilines is 3. The third kappa shape index (κ3) is 5.21. The number of ether oxygens (including phenoxy) is 1. The second-order valence-electron chi connectivity index (χ2n) is 8.25. The zero-order valence-corrected chi connectivity index (χ0v) is 19.3. The molecule has 1 atom stereocenters. The first-order valence-electron chi connectivity index (χ1n) is 11.4. The number of benzene rings is 3. The molecule has 0 radical (unpaired) electrons. The van der Waals surface area contributed by atoms with Gasteiger partial charge in [0.1, 0.15) is 0 Å². The maximum absolute atomic E-state index is 13.6. The van der Waals surface area contributed by atoms with Crippen molar-refractivity contribution in [3.63, 3.8) is 0 Å². The molecule has 176 valence electrons. The topological polar surface area (TPSA) is 87.9 Å². The number of carbonyl (C=O) groups is 2. The van der Waals surface area contributed by atoms with Gasteiger partial charge >= 0.3 is 5.97 Å². The molecule has 4 rings (SSSR count). The molecule has 1 heterocycles. The van der Waals surface area contributed by atoms with Crippen LogP contribution < -0.4 is 16.0 Å². The Balaban J connectivity index is 1.54. The van der Waals surface area contributed by atoms with Gasteiger partial charge in [0.05, 0.1) is 30.1 Å². The molecular formula is C27H30N4O3. The molecule has 0 aromatic heterocycles. The first-order valence-corrected chi connectivity index (χ1v) is 11.4. The highest BCUT2D eigenvalue weighted by atomic mass is 16.5. The summed E-state index contributed by atoms with van der Waals surface area (Å²) in [6.07, 6.45) is 0. The third-order valence-electron chi connectivity index (χ3n) is 6.21.